The van der Waals surface area contributed by atoms with Crippen molar-refractivity contribution in [2.45, 2.75) is 19.9 Å². The van der Waals surface area contributed by atoms with Gasteiger partial charge in [-0.3, -0.25) is 10.00 Å². The molecule has 1 aliphatic rings. The van der Waals surface area contributed by atoms with E-state index in [1.54, 1.807) is 11.3 Å². The second-order valence-corrected chi connectivity index (χ2v) is 5.46. The Labute approximate surface area is 98.9 Å². The second-order valence-electron chi connectivity index (χ2n) is 3.82. The average Bonchev–Trinajstić information content (AvgIpc) is 2.65. The predicted molar refractivity (Wildman–Crippen MR) is 66.2 cm³/mol. The maximum Gasteiger partial charge on any atom is 0.207 e. The Hall–Kier alpha value is -0.460. The molecule has 1 saturated heterocycles. The van der Waals surface area contributed by atoms with Crippen molar-refractivity contribution < 1.29 is 0 Å². The van der Waals surface area contributed by atoms with Crippen LogP contribution in [0.2, 0.25) is 0 Å². The number of aromatic nitrogens is 2. The van der Waals surface area contributed by atoms with E-state index in [2.05, 4.69) is 33.8 Å². The van der Waals surface area contributed by atoms with Gasteiger partial charge in [0.25, 0.3) is 0 Å². The van der Waals surface area contributed by atoms with Gasteiger partial charge in [0, 0.05) is 25.7 Å². The Morgan fingerprint density at radius 3 is 2.93 bits per heavy atom. The molecule has 1 aromatic heterocycles. The molecule has 0 radical (unpaired) electrons. The van der Waals surface area contributed by atoms with Gasteiger partial charge in [-0.15, -0.1) is 5.10 Å². The molecule has 1 N–H and O–H groups in total. The van der Waals surface area contributed by atoms with Gasteiger partial charge in [-0.1, -0.05) is 18.3 Å². The highest BCUT2D eigenvalue weighted by Crippen LogP contribution is 2.20. The van der Waals surface area contributed by atoms with Crippen LogP contribution in [-0.2, 0) is 0 Å². The maximum atomic E-state index is 5.04. The molecule has 1 fully saturated rings. The van der Waals surface area contributed by atoms with Crippen molar-refractivity contribution in [3.63, 3.8) is 0 Å². The first-order chi connectivity index (χ1) is 7.20. The summed E-state index contributed by atoms with van der Waals surface area (Å²) in [5.41, 5.74) is 0. The van der Waals surface area contributed by atoms with E-state index < -0.39 is 0 Å². The van der Waals surface area contributed by atoms with Gasteiger partial charge in [0.15, 0.2) is 3.95 Å². The Morgan fingerprint density at radius 2 is 2.40 bits per heavy atom. The smallest absolute Gasteiger partial charge is 0.207 e. The fraction of sp³-hybridized carbons (Fsp3) is 0.778. The number of likely N-dealkylation sites (N-methyl/N-ethyl adjacent to an activating group) is 1. The number of anilines is 1. The molecule has 6 heteroatoms. The van der Waals surface area contributed by atoms with Gasteiger partial charge in [0.2, 0.25) is 5.13 Å². The third-order valence-corrected chi connectivity index (χ3v) is 4.02. The van der Waals surface area contributed by atoms with Gasteiger partial charge in [-0.2, -0.15) is 0 Å². The van der Waals surface area contributed by atoms with Crippen LogP contribution in [-0.4, -0.2) is 47.3 Å². The Kier molecular flexibility index (Phi) is 3.38. The van der Waals surface area contributed by atoms with E-state index in [9.17, 15) is 0 Å². The van der Waals surface area contributed by atoms with Gasteiger partial charge in [-0.25, -0.2) is 0 Å². The van der Waals surface area contributed by atoms with E-state index in [-0.39, 0.29) is 0 Å². The third-order valence-electron chi connectivity index (χ3n) is 2.87. The number of hydrogen-bond acceptors (Lipinski definition) is 5. The van der Waals surface area contributed by atoms with Crippen molar-refractivity contribution in [1.29, 1.82) is 0 Å². The summed E-state index contributed by atoms with van der Waals surface area (Å²) in [5.74, 6) is 0. The van der Waals surface area contributed by atoms with Crippen molar-refractivity contribution in [3.8, 4) is 0 Å². The normalized spacial score (nSPS) is 23.3. The van der Waals surface area contributed by atoms with E-state index in [4.69, 9.17) is 12.2 Å². The SMILES string of the molecule is CCN1CCN(c2n[nH]c(=S)s2)CC1C. The maximum absolute atomic E-state index is 5.04. The Bertz CT molecular complexity index is 372. The van der Waals surface area contributed by atoms with Crippen molar-refractivity contribution in [1.82, 2.24) is 15.1 Å². The summed E-state index contributed by atoms with van der Waals surface area (Å²) >= 11 is 6.60. The van der Waals surface area contributed by atoms with E-state index in [1.807, 2.05) is 0 Å². The van der Waals surface area contributed by atoms with E-state index >= 15 is 0 Å². The molecule has 0 aliphatic carbocycles. The van der Waals surface area contributed by atoms with Gasteiger partial charge in [-0.05, 0) is 25.7 Å². The molecule has 1 atom stereocenters. The van der Waals surface area contributed by atoms with E-state index in [0.29, 0.717) is 6.04 Å². The summed E-state index contributed by atoms with van der Waals surface area (Å²) in [6.07, 6.45) is 0. The lowest BCUT2D eigenvalue weighted by atomic mass is 10.2. The first-order valence-electron chi connectivity index (χ1n) is 5.25. The molecule has 1 aliphatic heterocycles. The lowest BCUT2D eigenvalue weighted by Crippen LogP contribution is -2.51. The minimum atomic E-state index is 0.598. The number of rotatable bonds is 2. The van der Waals surface area contributed by atoms with Gasteiger partial charge in [0.1, 0.15) is 0 Å². The quantitative estimate of drug-likeness (QED) is 0.804. The van der Waals surface area contributed by atoms with Crippen molar-refractivity contribution >= 4 is 28.7 Å². The van der Waals surface area contributed by atoms with Crippen LogP contribution < -0.4 is 4.90 Å². The van der Waals surface area contributed by atoms with E-state index in [0.717, 1.165) is 35.3 Å². The lowest BCUT2D eigenvalue weighted by Gasteiger charge is -2.38. The molecule has 1 aromatic rings. The van der Waals surface area contributed by atoms with Gasteiger partial charge in [0.05, 0.1) is 0 Å². The topological polar surface area (TPSA) is 35.2 Å². The summed E-state index contributed by atoms with van der Waals surface area (Å²) < 4.78 is 0.760. The molecule has 0 spiro atoms. The molecule has 0 aromatic carbocycles. The van der Waals surface area contributed by atoms with Crippen LogP contribution >= 0.6 is 23.6 Å². The summed E-state index contributed by atoms with van der Waals surface area (Å²) in [4.78, 5) is 4.80. The number of aromatic amines is 1. The largest absolute Gasteiger partial charge is 0.344 e. The molecule has 0 amide bonds. The van der Waals surface area contributed by atoms with Crippen molar-refractivity contribution in [2.75, 3.05) is 31.1 Å². The fourth-order valence-corrected chi connectivity index (χ4v) is 2.91. The van der Waals surface area contributed by atoms with Gasteiger partial charge < -0.3 is 4.90 Å². The third kappa shape index (κ3) is 2.38. The number of hydrogen-bond donors (Lipinski definition) is 1. The second kappa shape index (κ2) is 4.59. The average molecular weight is 244 g/mol. The fourth-order valence-electron chi connectivity index (χ4n) is 2.00. The summed E-state index contributed by atoms with van der Waals surface area (Å²) in [6, 6.07) is 0.598. The molecule has 84 valence electrons. The van der Waals surface area contributed by atoms with Crippen LogP contribution in [0, 0.1) is 3.95 Å². The summed E-state index contributed by atoms with van der Waals surface area (Å²) in [6.45, 7) is 8.82. The first-order valence-corrected chi connectivity index (χ1v) is 6.47. The highest BCUT2D eigenvalue weighted by Gasteiger charge is 2.23. The summed E-state index contributed by atoms with van der Waals surface area (Å²) in [7, 11) is 0. The van der Waals surface area contributed by atoms with Crippen LogP contribution in [0.5, 0.6) is 0 Å². The molecule has 0 saturated carbocycles. The highest BCUT2D eigenvalue weighted by molar-refractivity contribution is 7.73. The molecule has 0 bridgehead atoms. The standard InChI is InChI=1S/C9H16N4S2/c1-3-12-4-5-13(6-7(12)2)8-10-11-9(14)15-8/h7H,3-6H2,1-2H3,(H,11,14). The van der Waals surface area contributed by atoms with Crippen LogP contribution in [0.1, 0.15) is 13.8 Å². The minimum Gasteiger partial charge on any atom is -0.344 e. The minimum absolute atomic E-state index is 0.598. The van der Waals surface area contributed by atoms with Gasteiger partial charge >= 0.3 is 0 Å². The molecular weight excluding hydrogens is 228 g/mol. The lowest BCUT2D eigenvalue weighted by molar-refractivity contribution is 0.199. The van der Waals surface area contributed by atoms with E-state index in [1.165, 1.54) is 0 Å². The number of nitrogens with zero attached hydrogens (tertiary/aromatic N) is 3. The molecule has 15 heavy (non-hydrogen) atoms. The molecular formula is C9H16N4S2. The Morgan fingerprint density at radius 1 is 1.60 bits per heavy atom. The number of piperazine rings is 1. The monoisotopic (exact) mass is 244 g/mol. The zero-order chi connectivity index (χ0) is 10.8. The van der Waals surface area contributed by atoms with Crippen LogP contribution in [0.15, 0.2) is 0 Å². The summed E-state index contributed by atoms with van der Waals surface area (Å²) in [5, 5.41) is 8.09. The zero-order valence-electron chi connectivity index (χ0n) is 9.06. The van der Waals surface area contributed by atoms with Crippen LogP contribution in [0.25, 0.3) is 0 Å². The number of nitrogens with one attached hydrogen (secondary N) is 1. The molecule has 4 nitrogen and oxygen atoms in total. The molecule has 2 heterocycles. The predicted octanol–water partition coefficient (Wildman–Crippen LogP) is 1.73. The van der Waals surface area contributed by atoms with Crippen molar-refractivity contribution in [2.24, 2.45) is 0 Å². The number of H-pyrrole nitrogens is 1. The van der Waals surface area contributed by atoms with Crippen LogP contribution in [0.3, 0.4) is 0 Å². The Balaban J connectivity index is 2.05. The van der Waals surface area contributed by atoms with Crippen LogP contribution in [0.4, 0.5) is 5.13 Å². The van der Waals surface area contributed by atoms with Crippen molar-refractivity contribution in [3.05, 3.63) is 3.95 Å². The molecule has 2 rings (SSSR count). The first kappa shape index (κ1) is 11.0. The highest BCUT2D eigenvalue weighted by atomic mass is 32.1. The zero-order valence-corrected chi connectivity index (χ0v) is 10.7. The molecule has 1 unspecified atom stereocenters.